The Morgan fingerprint density at radius 3 is 2.16 bits per heavy atom. The van der Waals surface area contributed by atoms with E-state index in [2.05, 4.69) is 10.2 Å². The molecule has 0 radical (unpaired) electrons. The van der Waals surface area contributed by atoms with Gasteiger partial charge in [-0.05, 0) is 49.2 Å². The Hall–Kier alpha value is -2.06. The minimum Gasteiger partial charge on any atom is -0.352 e. The molecule has 1 aliphatic heterocycles. The third-order valence-corrected chi connectivity index (χ3v) is 6.59. The highest BCUT2D eigenvalue weighted by Crippen LogP contribution is 2.38. The van der Waals surface area contributed by atoms with Gasteiger partial charge in [-0.15, -0.1) is 5.10 Å². The maximum absolute atomic E-state index is 13.0. The normalized spacial score (nSPS) is 19.2. The van der Waals surface area contributed by atoms with E-state index >= 15 is 0 Å². The zero-order valence-corrected chi connectivity index (χ0v) is 14.5. The molecule has 132 valence electrons. The maximum atomic E-state index is 13.0. The third-order valence-electron chi connectivity index (χ3n) is 4.68. The van der Waals surface area contributed by atoms with Crippen LogP contribution in [0.4, 0.5) is 10.2 Å². The topological polar surface area (TPSA) is 66.4 Å². The summed E-state index contributed by atoms with van der Waals surface area (Å²) < 4.78 is 39.7. The average molecular weight is 362 g/mol. The Morgan fingerprint density at radius 1 is 0.920 bits per heavy atom. The van der Waals surface area contributed by atoms with Gasteiger partial charge in [-0.1, -0.05) is 0 Å². The second-order valence-electron chi connectivity index (χ2n) is 6.44. The summed E-state index contributed by atoms with van der Waals surface area (Å²) in [7, 11) is -3.59. The van der Waals surface area contributed by atoms with Crippen LogP contribution in [0.5, 0.6) is 0 Å². The molecule has 1 saturated carbocycles. The Balaban J connectivity index is 1.42. The molecule has 4 rings (SSSR count). The molecule has 2 aliphatic rings. The summed E-state index contributed by atoms with van der Waals surface area (Å²) in [4.78, 5) is 2.16. The zero-order valence-electron chi connectivity index (χ0n) is 13.7. The number of sulfonamides is 1. The summed E-state index contributed by atoms with van der Waals surface area (Å²) in [5, 5.41) is 8.57. The molecule has 2 aromatic rings. The van der Waals surface area contributed by atoms with Crippen molar-refractivity contribution in [3.8, 4) is 0 Å². The number of hydrogen-bond donors (Lipinski definition) is 0. The van der Waals surface area contributed by atoms with E-state index < -0.39 is 15.8 Å². The van der Waals surface area contributed by atoms with Crippen molar-refractivity contribution < 1.29 is 12.8 Å². The van der Waals surface area contributed by atoms with Gasteiger partial charge in [-0.2, -0.15) is 9.40 Å². The van der Waals surface area contributed by atoms with Crippen LogP contribution < -0.4 is 4.90 Å². The number of nitrogens with zero attached hydrogens (tertiary/aromatic N) is 4. The summed E-state index contributed by atoms with van der Waals surface area (Å²) in [6, 6.07) is 8.92. The molecule has 1 saturated heterocycles. The van der Waals surface area contributed by atoms with Gasteiger partial charge in [-0.25, -0.2) is 12.8 Å². The number of piperazine rings is 1. The fourth-order valence-electron chi connectivity index (χ4n) is 3.01. The van der Waals surface area contributed by atoms with Crippen molar-refractivity contribution in [3.05, 3.63) is 47.9 Å². The van der Waals surface area contributed by atoms with Gasteiger partial charge >= 0.3 is 0 Å². The molecule has 0 bridgehead atoms. The molecule has 0 spiro atoms. The summed E-state index contributed by atoms with van der Waals surface area (Å²) >= 11 is 0. The highest BCUT2D eigenvalue weighted by Gasteiger charge is 2.29. The van der Waals surface area contributed by atoms with E-state index in [1.54, 1.807) is 0 Å². The third kappa shape index (κ3) is 3.36. The lowest BCUT2D eigenvalue weighted by molar-refractivity contribution is 0.383. The van der Waals surface area contributed by atoms with Crippen LogP contribution in [0, 0.1) is 5.82 Å². The molecule has 2 heterocycles. The Morgan fingerprint density at radius 2 is 1.60 bits per heavy atom. The van der Waals surface area contributed by atoms with E-state index in [-0.39, 0.29) is 4.90 Å². The zero-order chi connectivity index (χ0) is 17.4. The highest BCUT2D eigenvalue weighted by molar-refractivity contribution is 7.89. The van der Waals surface area contributed by atoms with Gasteiger partial charge in [0.15, 0.2) is 5.82 Å². The number of benzene rings is 1. The van der Waals surface area contributed by atoms with Crippen LogP contribution in [0.25, 0.3) is 0 Å². The van der Waals surface area contributed by atoms with Gasteiger partial charge in [0.2, 0.25) is 10.0 Å². The van der Waals surface area contributed by atoms with Crippen LogP contribution in [0.15, 0.2) is 41.3 Å². The monoisotopic (exact) mass is 362 g/mol. The van der Waals surface area contributed by atoms with Crippen LogP contribution in [0.1, 0.15) is 24.5 Å². The summed E-state index contributed by atoms with van der Waals surface area (Å²) in [6.45, 7) is 1.84. The molecule has 0 unspecified atom stereocenters. The van der Waals surface area contributed by atoms with Crippen molar-refractivity contribution in [2.24, 2.45) is 0 Å². The minimum absolute atomic E-state index is 0.121. The molecule has 1 aromatic carbocycles. The van der Waals surface area contributed by atoms with Crippen LogP contribution in [0.3, 0.4) is 0 Å². The van der Waals surface area contributed by atoms with Crippen molar-refractivity contribution in [3.63, 3.8) is 0 Å². The minimum atomic E-state index is -3.59. The van der Waals surface area contributed by atoms with Gasteiger partial charge in [0, 0.05) is 32.1 Å². The van der Waals surface area contributed by atoms with Crippen LogP contribution in [-0.2, 0) is 10.0 Å². The molecule has 0 amide bonds. The molecule has 6 nitrogen and oxygen atoms in total. The molecule has 25 heavy (non-hydrogen) atoms. The van der Waals surface area contributed by atoms with Crippen molar-refractivity contribution >= 4 is 15.8 Å². The van der Waals surface area contributed by atoms with E-state index in [0.717, 1.165) is 11.5 Å². The highest BCUT2D eigenvalue weighted by atomic mass is 32.2. The summed E-state index contributed by atoms with van der Waals surface area (Å²) in [5.41, 5.74) is 1.04. The first-order chi connectivity index (χ1) is 12.0. The van der Waals surface area contributed by atoms with Crippen molar-refractivity contribution in [1.82, 2.24) is 14.5 Å². The Bertz CT molecular complexity index is 843. The lowest BCUT2D eigenvalue weighted by atomic mass is 10.2. The van der Waals surface area contributed by atoms with Crippen molar-refractivity contribution in [1.29, 1.82) is 0 Å². The van der Waals surface area contributed by atoms with Crippen molar-refractivity contribution in [2.45, 2.75) is 23.7 Å². The van der Waals surface area contributed by atoms with E-state index in [4.69, 9.17) is 0 Å². The van der Waals surface area contributed by atoms with Gasteiger partial charge < -0.3 is 4.90 Å². The predicted octanol–water partition coefficient (Wildman–Crippen LogP) is 2.00. The molecule has 8 heteroatoms. The second-order valence-corrected chi connectivity index (χ2v) is 8.37. The molecule has 0 N–H and O–H groups in total. The van der Waals surface area contributed by atoms with E-state index in [0.29, 0.717) is 32.1 Å². The quantitative estimate of drug-likeness (QED) is 0.832. The van der Waals surface area contributed by atoms with Gasteiger partial charge in [-0.3, -0.25) is 0 Å². The first-order valence-electron chi connectivity index (χ1n) is 8.38. The number of anilines is 1. The van der Waals surface area contributed by atoms with Crippen LogP contribution in [-0.4, -0.2) is 49.1 Å². The standard InChI is InChI=1S/C17H19FN4O2S/c18-14-3-5-15(6-4-14)25(23,24)22-11-9-21(10-12-22)17-8-7-16(19-20-17)13-1-2-13/h3-8,13H,1-2,9-12H2. The first-order valence-corrected chi connectivity index (χ1v) is 9.82. The molecule has 2 fully saturated rings. The molecule has 0 atom stereocenters. The van der Waals surface area contributed by atoms with Gasteiger partial charge in [0.1, 0.15) is 5.82 Å². The average Bonchev–Trinajstić information content (AvgIpc) is 3.48. The molecular formula is C17H19FN4O2S. The summed E-state index contributed by atoms with van der Waals surface area (Å²) in [5.74, 6) is 0.902. The van der Waals surface area contributed by atoms with Gasteiger partial charge in [0.25, 0.3) is 0 Å². The SMILES string of the molecule is O=S(=O)(c1ccc(F)cc1)N1CCN(c2ccc(C3CC3)nn2)CC1. The number of halogens is 1. The summed E-state index contributed by atoms with van der Waals surface area (Å²) in [6.07, 6.45) is 2.38. The van der Waals surface area contributed by atoms with Crippen molar-refractivity contribution in [2.75, 3.05) is 31.1 Å². The van der Waals surface area contributed by atoms with Crippen LogP contribution in [0.2, 0.25) is 0 Å². The largest absolute Gasteiger partial charge is 0.352 e. The van der Waals surface area contributed by atoms with E-state index in [1.807, 2.05) is 17.0 Å². The molecule has 1 aromatic heterocycles. The number of aromatic nitrogens is 2. The fraction of sp³-hybridized carbons (Fsp3) is 0.412. The lowest BCUT2D eigenvalue weighted by Gasteiger charge is -2.34. The first kappa shape index (κ1) is 16.4. The molecular weight excluding hydrogens is 343 g/mol. The maximum Gasteiger partial charge on any atom is 0.243 e. The second kappa shape index (κ2) is 6.34. The van der Waals surface area contributed by atoms with E-state index in [1.165, 1.54) is 41.4 Å². The number of rotatable bonds is 4. The molecule has 1 aliphatic carbocycles. The smallest absolute Gasteiger partial charge is 0.243 e. The van der Waals surface area contributed by atoms with Gasteiger partial charge in [0.05, 0.1) is 10.6 Å². The lowest BCUT2D eigenvalue weighted by Crippen LogP contribution is -2.49. The number of hydrogen-bond acceptors (Lipinski definition) is 5. The van der Waals surface area contributed by atoms with Crippen LogP contribution >= 0.6 is 0 Å². The Kier molecular flexibility index (Phi) is 4.16. The van der Waals surface area contributed by atoms with E-state index in [9.17, 15) is 12.8 Å². The Labute approximate surface area is 146 Å². The fourth-order valence-corrected chi connectivity index (χ4v) is 4.44. The predicted molar refractivity (Wildman–Crippen MR) is 91.4 cm³/mol.